The molecule has 0 radical (unpaired) electrons. The molecule has 6 heteroatoms. The molecule has 6 nitrogen and oxygen atoms in total. The third kappa shape index (κ3) is 5.38. The average molecular weight is 279 g/mol. The normalized spacial score (nSPS) is 11.8. The Hall–Kier alpha value is -1.92. The second-order valence-corrected chi connectivity index (χ2v) is 4.32. The van der Waals surface area contributed by atoms with Gasteiger partial charge in [-0.15, -0.1) is 0 Å². The molecule has 110 valence electrons. The lowest BCUT2D eigenvalue weighted by atomic mass is 10.2. The largest absolute Gasteiger partial charge is 0.380 e. The minimum Gasteiger partial charge on any atom is -0.380 e. The van der Waals surface area contributed by atoms with Gasteiger partial charge >= 0.3 is 0 Å². The van der Waals surface area contributed by atoms with Crippen LogP contribution in [-0.4, -0.2) is 31.6 Å². The highest BCUT2D eigenvalue weighted by molar-refractivity contribution is 5.93. The van der Waals surface area contributed by atoms with Crippen molar-refractivity contribution in [3.8, 4) is 0 Å². The van der Waals surface area contributed by atoms with Crippen LogP contribution >= 0.6 is 0 Å². The topological polar surface area (TPSA) is 93.5 Å². The number of nitrogens with one attached hydrogen (secondary N) is 2. The quantitative estimate of drug-likeness (QED) is 0.702. The highest BCUT2D eigenvalue weighted by Gasteiger charge is 2.11. The van der Waals surface area contributed by atoms with Gasteiger partial charge in [0.05, 0.1) is 12.5 Å². The van der Waals surface area contributed by atoms with E-state index in [2.05, 4.69) is 10.6 Å². The van der Waals surface area contributed by atoms with E-state index in [1.54, 1.807) is 31.2 Å². The highest BCUT2D eigenvalue weighted by Crippen LogP contribution is 2.14. The molecule has 0 aliphatic rings. The van der Waals surface area contributed by atoms with E-state index in [4.69, 9.17) is 10.5 Å². The predicted octanol–water partition coefficient (Wildman–Crippen LogP) is 1.34. The molecule has 0 bridgehead atoms. The van der Waals surface area contributed by atoms with E-state index >= 15 is 0 Å². The first-order valence-electron chi connectivity index (χ1n) is 6.51. The van der Waals surface area contributed by atoms with Gasteiger partial charge in [-0.1, -0.05) is 6.92 Å². The first-order chi connectivity index (χ1) is 9.58. The summed E-state index contributed by atoms with van der Waals surface area (Å²) in [6.45, 7) is 2.08. The molecule has 4 N–H and O–H groups in total. The average Bonchev–Trinajstić information content (AvgIpc) is 2.46. The van der Waals surface area contributed by atoms with Crippen LogP contribution in [0.25, 0.3) is 0 Å². The zero-order chi connectivity index (χ0) is 15.0. The van der Waals surface area contributed by atoms with Gasteiger partial charge in [0.15, 0.2) is 0 Å². The van der Waals surface area contributed by atoms with Crippen molar-refractivity contribution in [2.75, 3.05) is 24.3 Å². The minimum absolute atomic E-state index is 0.0485. The summed E-state index contributed by atoms with van der Waals surface area (Å²) >= 11 is 0. The van der Waals surface area contributed by atoms with Gasteiger partial charge in [0.2, 0.25) is 11.8 Å². The molecule has 0 aliphatic carbocycles. The Labute approximate surface area is 118 Å². The molecule has 0 aliphatic heterocycles. The molecule has 20 heavy (non-hydrogen) atoms. The van der Waals surface area contributed by atoms with Crippen molar-refractivity contribution in [3.63, 3.8) is 0 Å². The summed E-state index contributed by atoms with van der Waals surface area (Å²) in [6, 6.07) is 6.93. The van der Waals surface area contributed by atoms with Gasteiger partial charge in [0.1, 0.15) is 0 Å². The molecule has 2 amide bonds. The van der Waals surface area contributed by atoms with Crippen molar-refractivity contribution in [3.05, 3.63) is 24.3 Å². The van der Waals surface area contributed by atoms with Crippen LogP contribution in [0.2, 0.25) is 0 Å². The van der Waals surface area contributed by atoms with Crippen LogP contribution < -0.4 is 16.4 Å². The Morgan fingerprint density at radius 3 is 2.05 bits per heavy atom. The molecule has 0 fully saturated rings. The maximum absolute atomic E-state index is 11.7. The number of hydrogen-bond donors (Lipinski definition) is 3. The van der Waals surface area contributed by atoms with Crippen molar-refractivity contribution < 1.29 is 14.3 Å². The number of ether oxygens (including phenoxy) is 1. The summed E-state index contributed by atoms with van der Waals surface area (Å²) in [5, 5.41) is 5.48. The lowest BCUT2D eigenvalue weighted by molar-refractivity contribution is -0.118. The lowest BCUT2D eigenvalue weighted by Gasteiger charge is -2.12. The van der Waals surface area contributed by atoms with E-state index in [1.807, 2.05) is 0 Å². The van der Waals surface area contributed by atoms with Crippen LogP contribution in [0.15, 0.2) is 24.3 Å². The van der Waals surface area contributed by atoms with E-state index in [9.17, 15) is 9.59 Å². The van der Waals surface area contributed by atoms with Gasteiger partial charge in [-0.25, -0.2) is 0 Å². The minimum atomic E-state index is -0.280. The number of amides is 2. The van der Waals surface area contributed by atoms with Crippen molar-refractivity contribution in [2.45, 2.75) is 25.9 Å². The Kier molecular flexibility index (Phi) is 6.69. The summed E-state index contributed by atoms with van der Waals surface area (Å²) in [4.78, 5) is 23.0. The SMILES string of the molecule is CCC(=O)Nc1ccc(NC(=O)CC(CN)OC)cc1. The second-order valence-electron chi connectivity index (χ2n) is 4.32. The van der Waals surface area contributed by atoms with Gasteiger partial charge in [-0.3, -0.25) is 9.59 Å². The number of hydrogen-bond acceptors (Lipinski definition) is 4. The zero-order valence-electron chi connectivity index (χ0n) is 11.8. The van der Waals surface area contributed by atoms with Crippen LogP contribution in [0.3, 0.4) is 0 Å². The van der Waals surface area contributed by atoms with Gasteiger partial charge in [-0.05, 0) is 24.3 Å². The number of nitrogens with two attached hydrogens (primary N) is 1. The number of carbonyl (C=O) groups excluding carboxylic acids is 2. The molecule has 1 atom stereocenters. The van der Waals surface area contributed by atoms with Crippen LogP contribution in [0, 0.1) is 0 Å². The van der Waals surface area contributed by atoms with Gasteiger partial charge in [0, 0.05) is 31.5 Å². The van der Waals surface area contributed by atoms with Crippen LogP contribution in [0.4, 0.5) is 11.4 Å². The van der Waals surface area contributed by atoms with Crippen LogP contribution in [-0.2, 0) is 14.3 Å². The summed E-state index contributed by atoms with van der Waals surface area (Å²) in [5.74, 6) is -0.208. The molecule has 0 spiro atoms. The standard InChI is InChI=1S/C14H21N3O3/c1-3-13(18)16-10-4-6-11(7-5-10)17-14(19)8-12(9-15)20-2/h4-7,12H,3,8-9,15H2,1-2H3,(H,16,18)(H,17,19). The number of benzene rings is 1. The lowest BCUT2D eigenvalue weighted by Crippen LogP contribution is -2.28. The van der Waals surface area contributed by atoms with E-state index < -0.39 is 0 Å². The second kappa shape index (κ2) is 8.29. The van der Waals surface area contributed by atoms with Crippen molar-refractivity contribution in [1.29, 1.82) is 0 Å². The number of rotatable bonds is 7. The Balaban J connectivity index is 2.52. The number of anilines is 2. The number of carbonyl (C=O) groups is 2. The molecule has 0 saturated heterocycles. The summed E-state index contributed by atoms with van der Waals surface area (Å²) in [5.41, 5.74) is 6.82. The maximum atomic E-state index is 11.7. The van der Waals surface area contributed by atoms with E-state index in [1.165, 1.54) is 7.11 Å². The third-order valence-corrected chi connectivity index (χ3v) is 2.78. The van der Waals surface area contributed by atoms with E-state index in [0.29, 0.717) is 24.3 Å². The molecule has 0 heterocycles. The van der Waals surface area contributed by atoms with E-state index in [-0.39, 0.29) is 24.3 Å². The molecule has 1 rings (SSSR count). The molecule has 1 aromatic rings. The third-order valence-electron chi connectivity index (χ3n) is 2.78. The summed E-state index contributed by atoms with van der Waals surface area (Å²) in [6.07, 6.45) is 0.357. The predicted molar refractivity (Wildman–Crippen MR) is 78.5 cm³/mol. The first-order valence-corrected chi connectivity index (χ1v) is 6.51. The highest BCUT2D eigenvalue weighted by atomic mass is 16.5. The first kappa shape index (κ1) is 16.1. The summed E-state index contributed by atoms with van der Waals surface area (Å²) in [7, 11) is 1.52. The van der Waals surface area contributed by atoms with Gasteiger partial charge in [-0.2, -0.15) is 0 Å². The van der Waals surface area contributed by atoms with Crippen LogP contribution in [0.5, 0.6) is 0 Å². The fraction of sp³-hybridized carbons (Fsp3) is 0.429. The fourth-order valence-electron chi connectivity index (χ4n) is 1.57. The van der Waals surface area contributed by atoms with Crippen LogP contribution in [0.1, 0.15) is 19.8 Å². The molecule has 0 saturated carbocycles. The smallest absolute Gasteiger partial charge is 0.227 e. The monoisotopic (exact) mass is 279 g/mol. The molecule has 1 unspecified atom stereocenters. The maximum Gasteiger partial charge on any atom is 0.227 e. The van der Waals surface area contributed by atoms with Crippen molar-refractivity contribution >= 4 is 23.2 Å². The van der Waals surface area contributed by atoms with Crippen molar-refractivity contribution in [2.24, 2.45) is 5.73 Å². The Morgan fingerprint density at radius 2 is 1.65 bits per heavy atom. The Bertz CT molecular complexity index is 441. The van der Waals surface area contributed by atoms with E-state index in [0.717, 1.165) is 0 Å². The zero-order valence-corrected chi connectivity index (χ0v) is 11.8. The summed E-state index contributed by atoms with van der Waals surface area (Å²) < 4.78 is 5.05. The van der Waals surface area contributed by atoms with Gasteiger partial charge in [0.25, 0.3) is 0 Å². The van der Waals surface area contributed by atoms with Crippen molar-refractivity contribution in [1.82, 2.24) is 0 Å². The van der Waals surface area contributed by atoms with Gasteiger partial charge < -0.3 is 21.1 Å². The Morgan fingerprint density at radius 1 is 1.15 bits per heavy atom. The molecule has 0 aromatic heterocycles. The number of methoxy groups -OCH3 is 1. The molecule has 1 aromatic carbocycles. The fourth-order valence-corrected chi connectivity index (χ4v) is 1.57. The molecular formula is C14H21N3O3. The molecular weight excluding hydrogens is 258 g/mol.